The fourth-order valence-corrected chi connectivity index (χ4v) is 2.92. The minimum absolute atomic E-state index is 0.113. The zero-order valence-corrected chi connectivity index (χ0v) is 14.4. The van der Waals surface area contributed by atoms with Gasteiger partial charge in [-0.15, -0.1) is 10.2 Å². The molecule has 1 aromatic carbocycles. The number of benzene rings is 1. The maximum atomic E-state index is 13.0. The van der Waals surface area contributed by atoms with E-state index in [9.17, 15) is 18.0 Å². The zero-order valence-electron chi connectivity index (χ0n) is 12.8. The average molecular weight is 379 g/mol. The summed E-state index contributed by atoms with van der Waals surface area (Å²) < 4.78 is 40.7. The summed E-state index contributed by atoms with van der Waals surface area (Å²) in [5.41, 5.74) is -1.43. The van der Waals surface area contributed by atoms with Crippen LogP contribution in [0, 0.1) is 0 Å². The monoisotopic (exact) mass is 378 g/mol. The van der Waals surface area contributed by atoms with Gasteiger partial charge in [0.15, 0.2) is 5.16 Å². The van der Waals surface area contributed by atoms with Crippen molar-refractivity contribution in [2.75, 3.05) is 11.1 Å². The first kappa shape index (κ1) is 18.6. The molecule has 0 aliphatic heterocycles. The van der Waals surface area contributed by atoms with Gasteiger partial charge in [0.05, 0.1) is 22.0 Å². The van der Waals surface area contributed by atoms with Crippen molar-refractivity contribution in [1.29, 1.82) is 0 Å². The average Bonchev–Trinajstić information content (AvgIpc) is 2.86. The van der Waals surface area contributed by atoms with E-state index in [2.05, 4.69) is 15.5 Å². The molecule has 0 unspecified atom stereocenters. The van der Waals surface area contributed by atoms with Crippen molar-refractivity contribution in [3.05, 3.63) is 34.6 Å². The van der Waals surface area contributed by atoms with E-state index in [0.29, 0.717) is 11.6 Å². The molecular weight excluding hydrogens is 365 g/mol. The van der Waals surface area contributed by atoms with Gasteiger partial charge >= 0.3 is 6.18 Å². The van der Waals surface area contributed by atoms with Gasteiger partial charge in [0.2, 0.25) is 5.91 Å². The van der Waals surface area contributed by atoms with Crippen LogP contribution in [0.2, 0.25) is 5.02 Å². The molecule has 1 heterocycles. The smallest absolute Gasteiger partial charge is 0.324 e. The molecule has 0 bridgehead atoms. The Balaban J connectivity index is 2.09. The van der Waals surface area contributed by atoms with E-state index in [1.165, 1.54) is 12.1 Å². The van der Waals surface area contributed by atoms with Crippen molar-refractivity contribution in [2.24, 2.45) is 7.05 Å². The lowest BCUT2D eigenvalue weighted by molar-refractivity contribution is -0.137. The van der Waals surface area contributed by atoms with E-state index in [4.69, 9.17) is 11.6 Å². The Morgan fingerprint density at radius 3 is 2.67 bits per heavy atom. The Morgan fingerprint density at radius 1 is 1.38 bits per heavy atom. The highest BCUT2D eigenvalue weighted by Gasteiger charge is 2.34. The summed E-state index contributed by atoms with van der Waals surface area (Å²) in [5.74, 6) is 0.0288. The lowest BCUT2D eigenvalue weighted by Crippen LogP contribution is -2.18. The van der Waals surface area contributed by atoms with Gasteiger partial charge in [-0.2, -0.15) is 13.2 Å². The van der Waals surface area contributed by atoms with Crippen LogP contribution < -0.4 is 5.32 Å². The molecule has 0 aliphatic rings. The third-order valence-corrected chi connectivity index (χ3v) is 4.49. The third kappa shape index (κ3) is 4.21. The Bertz CT molecular complexity index is 748. The Labute approximate surface area is 145 Å². The van der Waals surface area contributed by atoms with E-state index in [1.807, 2.05) is 6.92 Å². The fraction of sp³-hybridized carbons (Fsp3) is 0.357. The predicted molar refractivity (Wildman–Crippen MR) is 86.2 cm³/mol. The molecule has 0 spiro atoms. The van der Waals surface area contributed by atoms with Crippen LogP contribution in [0.1, 0.15) is 18.3 Å². The second-order valence-corrected chi connectivity index (χ2v) is 6.16. The van der Waals surface area contributed by atoms with Gasteiger partial charge in [-0.05, 0) is 12.1 Å². The van der Waals surface area contributed by atoms with Crippen LogP contribution in [0.3, 0.4) is 0 Å². The summed E-state index contributed by atoms with van der Waals surface area (Å²) >= 11 is 6.88. The number of thioether (sulfide) groups is 1. The molecule has 0 radical (unpaired) electrons. The van der Waals surface area contributed by atoms with Crippen molar-refractivity contribution in [3.8, 4) is 0 Å². The summed E-state index contributed by atoms with van der Waals surface area (Å²) in [5, 5.41) is 10.4. The molecule has 0 saturated heterocycles. The molecule has 1 N–H and O–H groups in total. The van der Waals surface area contributed by atoms with Crippen molar-refractivity contribution >= 4 is 35.0 Å². The Morgan fingerprint density at radius 2 is 2.08 bits per heavy atom. The standard InChI is InChI=1S/C14H14ClF3N4OS/c1-3-10-20-21-13(22(10)2)24-7-11(23)19-12-8(14(16,17)18)5-4-6-9(12)15/h4-6H,3,7H2,1-2H3,(H,19,23). The van der Waals surface area contributed by atoms with Gasteiger partial charge in [0, 0.05) is 13.5 Å². The van der Waals surface area contributed by atoms with Crippen LogP contribution in [0.5, 0.6) is 0 Å². The maximum Gasteiger partial charge on any atom is 0.418 e. The highest BCUT2D eigenvalue weighted by atomic mass is 35.5. The van der Waals surface area contributed by atoms with Gasteiger partial charge in [0.1, 0.15) is 5.82 Å². The van der Waals surface area contributed by atoms with Crippen molar-refractivity contribution in [1.82, 2.24) is 14.8 Å². The second-order valence-electron chi connectivity index (χ2n) is 4.81. The number of nitrogens with one attached hydrogen (secondary N) is 1. The lowest BCUT2D eigenvalue weighted by atomic mass is 10.1. The number of aryl methyl sites for hydroxylation is 1. The second kappa shape index (κ2) is 7.43. The summed E-state index contributed by atoms with van der Waals surface area (Å²) in [6.07, 6.45) is -3.93. The molecule has 24 heavy (non-hydrogen) atoms. The number of alkyl halides is 3. The number of hydrogen-bond donors (Lipinski definition) is 1. The van der Waals surface area contributed by atoms with Crippen LogP contribution in [-0.4, -0.2) is 26.4 Å². The first-order valence-corrected chi connectivity index (χ1v) is 8.27. The number of halogens is 4. The van der Waals surface area contributed by atoms with Crippen molar-refractivity contribution < 1.29 is 18.0 Å². The largest absolute Gasteiger partial charge is 0.418 e. The summed E-state index contributed by atoms with van der Waals surface area (Å²) in [7, 11) is 1.76. The van der Waals surface area contributed by atoms with Gasteiger partial charge < -0.3 is 9.88 Å². The van der Waals surface area contributed by atoms with E-state index in [-0.39, 0.29) is 10.8 Å². The maximum absolute atomic E-state index is 13.0. The van der Waals surface area contributed by atoms with Crippen LogP contribution in [0.4, 0.5) is 18.9 Å². The van der Waals surface area contributed by atoms with Crippen LogP contribution in [0.15, 0.2) is 23.4 Å². The molecular formula is C14H14ClF3N4OS. The van der Waals surface area contributed by atoms with Gasteiger partial charge in [-0.3, -0.25) is 4.79 Å². The molecule has 2 rings (SSSR count). The van der Waals surface area contributed by atoms with Crippen molar-refractivity contribution in [2.45, 2.75) is 24.7 Å². The molecule has 1 aromatic heterocycles. The summed E-state index contributed by atoms with van der Waals surface area (Å²) in [6.45, 7) is 1.92. The number of aromatic nitrogens is 3. The van der Waals surface area contributed by atoms with E-state index >= 15 is 0 Å². The van der Waals surface area contributed by atoms with Crippen LogP contribution in [-0.2, 0) is 24.4 Å². The summed E-state index contributed by atoms with van der Waals surface area (Å²) in [6, 6.07) is 3.34. The SMILES string of the molecule is CCc1nnc(SCC(=O)Nc2c(Cl)cccc2C(F)(F)F)n1C. The number of amides is 1. The molecule has 0 atom stereocenters. The highest BCUT2D eigenvalue weighted by Crippen LogP contribution is 2.38. The minimum atomic E-state index is -4.61. The Kier molecular flexibility index (Phi) is 5.76. The molecule has 0 aliphatic carbocycles. The van der Waals surface area contributed by atoms with E-state index < -0.39 is 23.3 Å². The normalized spacial score (nSPS) is 11.6. The first-order chi connectivity index (χ1) is 11.2. The molecule has 130 valence electrons. The number of para-hydroxylation sites is 1. The number of carbonyl (C=O) groups excluding carboxylic acids is 1. The minimum Gasteiger partial charge on any atom is -0.324 e. The third-order valence-electron chi connectivity index (χ3n) is 3.16. The van der Waals surface area contributed by atoms with E-state index in [0.717, 1.165) is 23.7 Å². The topological polar surface area (TPSA) is 59.8 Å². The van der Waals surface area contributed by atoms with Crippen molar-refractivity contribution in [3.63, 3.8) is 0 Å². The quantitative estimate of drug-likeness (QED) is 0.804. The number of carbonyl (C=O) groups is 1. The van der Waals surface area contributed by atoms with E-state index in [1.54, 1.807) is 11.6 Å². The highest BCUT2D eigenvalue weighted by molar-refractivity contribution is 7.99. The predicted octanol–water partition coefficient (Wildman–Crippen LogP) is 3.78. The molecule has 0 saturated carbocycles. The fourth-order valence-electron chi connectivity index (χ4n) is 1.97. The molecule has 2 aromatic rings. The van der Waals surface area contributed by atoms with Gasteiger partial charge in [0.25, 0.3) is 0 Å². The molecule has 5 nitrogen and oxygen atoms in total. The van der Waals surface area contributed by atoms with Gasteiger partial charge in [-0.1, -0.05) is 36.4 Å². The number of rotatable bonds is 5. The van der Waals surface area contributed by atoms with Crippen LogP contribution in [0.25, 0.3) is 0 Å². The summed E-state index contributed by atoms with van der Waals surface area (Å²) in [4.78, 5) is 12.0. The van der Waals surface area contributed by atoms with Crippen LogP contribution >= 0.6 is 23.4 Å². The Hall–Kier alpha value is -1.74. The lowest BCUT2D eigenvalue weighted by Gasteiger charge is -2.15. The zero-order chi connectivity index (χ0) is 17.9. The first-order valence-electron chi connectivity index (χ1n) is 6.90. The molecule has 10 heteroatoms. The van der Waals surface area contributed by atoms with Gasteiger partial charge in [-0.25, -0.2) is 0 Å². The molecule has 0 fully saturated rings. The number of anilines is 1. The molecule has 1 amide bonds. The number of hydrogen-bond acceptors (Lipinski definition) is 4. The number of nitrogens with zero attached hydrogens (tertiary/aromatic N) is 3.